The summed E-state index contributed by atoms with van der Waals surface area (Å²) in [6.45, 7) is 5.79. The minimum Gasteiger partial charge on any atom is -0.497 e. The molecule has 1 aliphatic heterocycles. The molecule has 1 amide bonds. The molecule has 124 valence electrons. The molecule has 1 fully saturated rings. The smallest absolute Gasteiger partial charge is 0.223 e. The van der Waals surface area contributed by atoms with Crippen LogP contribution in [0, 0.1) is 11.8 Å². The highest BCUT2D eigenvalue weighted by molar-refractivity contribution is 5.85. The highest BCUT2D eigenvalue weighted by Crippen LogP contribution is 2.29. The summed E-state index contributed by atoms with van der Waals surface area (Å²) in [7, 11) is 3.25. The van der Waals surface area contributed by atoms with Gasteiger partial charge in [0.2, 0.25) is 5.91 Å². The van der Waals surface area contributed by atoms with Crippen LogP contribution < -0.4 is 20.1 Å². The largest absolute Gasteiger partial charge is 0.497 e. The Morgan fingerprint density at radius 1 is 1.27 bits per heavy atom. The first-order chi connectivity index (χ1) is 10.1. The zero-order valence-electron chi connectivity index (χ0n) is 13.5. The van der Waals surface area contributed by atoms with E-state index < -0.39 is 0 Å². The molecule has 2 N–H and O–H groups in total. The molecule has 1 saturated heterocycles. The molecule has 0 radical (unpaired) electrons. The maximum absolute atomic E-state index is 12.3. The molecule has 6 heteroatoms. The normalized spacial score (nSPS) is 16.7. The van der Waals surface area contributed by atoms with Gasteiger partial charge in [-0.15, -0.1) is 12.4 Å². The lowest BCUT2D eigenvalue weighted by Gasteiger charge is -2.32. The summed E-state index contributed by atoms with van der Waals surface area (Å²) < 4.78 is 10.6. The number of methoxy groups -OCH3 is 2. The standard InChI is InChI=1S/C16H24N2O3.ClH/c1-10(12-8-17-9-12)16(19)18-11(2)14-7-13(20-3)5-6-15(14)21-4;/h5-7,10-12,17H,8-9H2,1-4H3,(H,18,19);1H. The van der Waals surface area contributed by atoms with Crippen molar-refractivity contribution in [1.29, 1.82) is 0 Å². The molecule has 1 aromatic rings. The van der Waals surface area contributed by atoms with E-state index >= 15 is 0 Å². The van der Waals surface area contributed by atoms with Gasteiger partial charge in [-0.25, -0.2) is 0 Å². The maximum Gasteiger partial charge on any atom is 0.223 e. The van der Waals surface area contributed by atoms with Crippen LogP contribution in [0.5, 0.6) is 11.5 Å². The first-order valence-electron chi connectivity index (χ1n) is 7.29. The van der Waals surface area contributed by atoms with E-state index in [9.17, 15) is 4.79 Å². The molecular formula is C16H25ClN2O3. The Hall–Kier alpha value is -1.46. The molecule has 0 aromatic heterocycles. The highest BCUT2D eigenvalue weighted by Gasteiger charge is 2.29. The van der Waals surface area contributed by atoms with Crippen molar-refractivity contribution in [3.63, 3.8) is 0 Å². The van der Waals surface area contributed by atoms with Crippen LogP contribution in [0.15, 0.2) is 18.2 Å². The number of benzene rings is 1. The van der Waals surface area contributed by atoms with Gasteiger partial charge in [0.1, 0.15) is 11.5 Å². The summed E-state index contributed by atoms with van der Waals surface area (Å²) >= 11 is 0. The predicted molar refractivity (Wildman–Crippen MR) is 88.9 cm³/mol. The van der Waals surface area contributed by atoms with Crippen LogP contribution in [-0.4, -0.2) is 33.2 Å². The van der Waals surface area contributed by atoms with Crippen molar-refractivity contribution in [2.75, 3.05) is 27.3 Å². The van der Waals surface area contributed by atoms with Crippen molar-refractivity contribution in [3.8, 4) is 11.5 Å². The van der Waals surface area contributed by atoms with Crippen molar-refractivity contribution < 1.29 is 14.3 Å². The zero-order chi connectivity index (χ0) is 15.4. The Kier molecular flexibility index (Phi) is 6.97. The first-order valence-corrected chi connectivity index (χ1v) is 7.29. The number of hydrogen-bond donors (Lipinski definition) is 2. The van der Waals surface area contributed by atoms with E-state index in [0.29, 0.717) is 5.92 Å². The number of hydrogen-bond acceptors (Lipinski definition) is 4. The summed E-state index contributed by atoms with van der Waals surface area (Å²) in [5.74, 6) is 2.04. The summed E-state index contributed by atoms with van der Waals surface area (Å²) in [4.78, 5) is 12.3. The molecule has 0 aliphatic carbocycles. The summed E-state index contributed by atoms with van der Waals surface area (Å²) in [5, 5.41) is 6.27. The van der Waals surface area contributed by atoms with E-state index in [1.165, 1.54) is 0 Å². The lowest BCUT2D eigenvalue weighted by Crippen LogP contribution is -2.49. The van der Waals surface area contributed by atoms with Crippen LogP contribution >= 0.6 is 12.4 Å². The van der Waals surface area contributed by atoms with Gasteiger partial charge >= 0.3 is 0 Å². The fourth-order valence-electron chi connectivity index (χ4n) is 2.48. The van der Waals surface area contributed by atoms with Gasteiger partial charge < -0.3 is 20.1 Å². The second-order valence-corrected chi connectivity index (χ2v) is 5.55. The van der Waals surface area contributed by atoms with Crippen LogP contribution in [0.3, 0.4) is 0 Å². The molecule has 1 aliphatic rings. The minimum atomic E-state index is -0.127. The lowest BCUT2D eigenvalue weighted by atomic mass is 9.88. The summed E-state index contributed by atoms with van der Waals surface area (Å²) in [6, 6.07) is 5.48. The van der Waals surface area contributed by atoms with Crippen LogP contribution in [0.4, 0.5) is 0 Å². The van der Waals surface area contributed by atoms with E-state index in [2.05, 4.69) is 10.6 Å². The fourth-order valence-corrected chi connectivity index (χ4v) is 2.48. The summed E-state index contributed by atoms with van der Waals surface area (Å²) in [6.07, 6.45) is 0. The van der Waals surface area contributed by atoms with E-state index in [4.69, 9.17) is 9.47 Å². The second kappa shape index (κ2) is 8.25. The Balaban J connectivity index is 0.00000242. The van der Waals surface area contributed by atoms with Crippen molar-refractivity contribution in [3.05, 3.63) is 23.8 Å². The summed E-state index contributed by atoms with van der Waals surface area (Å²) in [5.41, 5.74) is 0.920. The van der Waals surface area contributed by atoms with Gasteiger partial charge in [-0.05, 0) is 44.1 Å². The van der Waals surface area contributed by atoms with E-state index in [1.54, 1.807) is 14.2 Å². The van der Waals surface area contributed by atoms with E-state index in [1.807, 2.05) is 32.0 Å². The fraction of sp³-hybridized carbons (Fsp3) is 0.562. The number of rotatable bonds is 6. The molecule has 0 bridgehead atoms. The third kappa shape index (κ3) is 4.05. The molecule has 1 heterocycles. The molecule has 5 nitrogen and oxygen atoms in total. The van der Waals surface area contributed by atoms with E-state index in [-0.39, 0.29) is 30.3 Å². The van der Waals surface area contributed by atoms with Crippen LogP contribution in [0.25, 0.3) is 0 Å². The van der Waals surface area contributed by atoms with Crippen molar-refractivity contribution in [2.24, 2.45) is 11.8 Å². The Morgan fingerprint density at radius 2 is 1.95 bits per heavy atom. The van der Waals surface area contributed by atoms with E-state index in [0.717, 1.165) is 30.2 Å². The molecule has 2 atom stereocenters. The maximum atomic E-state index is 12.3. The molecule has 2 rings (SSSR count). The number of carbonyl (C=O) groups is 1. The molecule has 2 unspecified atom stereocenters. The van der Waals surface area contributed by atoms with Gasteiger partial charge in [0, 0.05) is 11.5 Å². The van der Waals surface area contributed by atoms with Crippen molar-refractivity contribution in [1.82, 2.24) is 10.6 Å². The zero-order valence-corrected chi connectivity index (χ0v) is 14.3. The number of nitrogens with one attached hydrogen (secondary N) is 2. The average molecular weight is 329 g/mol. The molecular weight excluding hydrogens is 304 g/mol. The van der Waals surface area contributed by atoms with Gasteiger partial charge in [-0.2, -0.15) is 0 Å². The Labute approximate surface area is 138 Å². The van der Waals surface area contributed by atoms with Gasteiger partial charge in [0.15, 0.2) is 0 Å². The van der Waals surface area contributed by atoms with Gasteiger partial charge in [-0.1, -0.05) is 6.92 Å². The molecule has 22 heavy (non-hydrogen) atoms. The Bertz CT molecular complexity index is 506. The third-order valence-corrected chi connectivity index (χ3v) is 4.20. The van der Waals surface area contributed by atoms with Crippen LogP contribution in [-0.2, 0) is 4.79 Å². The first kappa shape index (κ1) is 18.6. The molecule has 0 saturated carbocycles. The van der Waals surface area contributed by atoms with Gasteiger partial charge in [-0.3, -0.25) is 4.79 Å². The number of carbonyl (C=O) groups excluding carboxylic acids is 1. The lowest BCUT2D eigenvalue weighted by molar-refractivity contribution is -0.127. The Morgan fingerprint density at radius 3 is 2.45 bits per heavy atom. The third-order valence-electron chi connectivity index (χ3n) is 4.20. The van der Waals surface area contributed by atoms with Gasteiger partial charge in [0.25, 0.3) is 0 Å². The SMILES string of the molecule is COc1ccc(OC)c(C(C)NC(=O)C(C)C2CNC2)c1.Cl. The van der Waals surface area contributed by atoms with Crippen molar-refractivity contribution >= 4 is 18.3 Å². The van der Waals surface area contributed by atoms with Gasteiger partial charge in [0.05, 0.1) is 20.3 Å². The number of amides is 1. The van der Waals surface area contributed by atoms with Crippen molar-refractivity contribution in [2.45, 2.75) is 19.9 Å². The average Bonchev–Trinajstić information content (AvgIpc) is 2.44. The quantitative estimate of drug-likeness (QED) is 0.840. The number of halogens is 1. The number of ether oxygens (including phenoxy) is 2. The predicted octanol–water partition coefficient (Wildman–Crippen LogP) is 2.16. The molecule has 1 aromatic carbocycles. The monoisotopic (exact) mass is 328 g/mol. The molecule has 0 spiro atoms. The minimum absolute atomic E-state index is 0. The second-order valence-electron chi connectivity index (χ2n) is 5.55. The topological polar surface area (TPSA) is 59.6 Å². The van der Waals surface area contributed by atoms with Crippen LogP contribution in [0.2, 0.25) is 0 Å². The van der Waals surface area contributed by atoms with Crippen LogP contribution in [0.1, 0.15) is 25.5 Å². The highest BCUT2D eigenvalue weighted by atomic mass is 35.5.